The van der Waals surface area contributed by atoms with E-state index in [1.165, 1.54) is 22.8 Å². The molecule has 0 saturated carbocycles. The first-order valence-electron chi connectivity index (χ1n) is 11.2. The van der Waals surface area contributed by atoms with Crippen LogP contribution in [0.15, 0.2) is 76.4 Å². The Morgan fingerprint density at radius 3 is 2.61 bits per heavy atom. The van der Waals surface area contributed by atoms with Crippen molar-refractivity contribution in [2.75, 3.05) is 13.2 Å². The number of rotatable bonds is 7. The number of aromatic amines is 1. The molecule has 0 aliphatic heterocycles. The quantitative estimate of drug-likeness (QED) is 0.304. The first-order chi connectivity index (χ1) is 17.5. The molecule has 0 aliphatic rings. The van der Waals surface area contributed by atoms with E-state index in [4.69, 9.17) is 4.74 Å². The molecule has 1 aromatic carbocycles. The number of hydrogen-bond acceptors (Lipinski definition) is 6. The Labute approximate surface area is 213 Å². The highest BCUT2D eigenvalue weighted by molar-refractivity contribution is 9.10. The van der Waals surface area contributed by atoms with Gasteiger partial charge in [-0.1, -0.05) is 15.9 Å². The molecular weight excluding hydrogens is 529 g/mol. The number of halogens is 2. The van der Waals surface area contributed by atoms with Crippen molar-refractivity contribution in [3.8, 4) is 28.3 Å². The van der Waals surface area contributed by atoms with Crippen LogP contribution in [0, 0.1) is 5.82 Å². The number of nitrogens with zero attached hydrogens (tertiary/aromatic N) is 4. The third-order valence-electron chi connectivity index (χ3n) is 5.79. The fourth-order valence-corrected chi connectivity index (χ4v) is 4.57. The molecule has 4 heterocycles. The van der Waals surface area contributed by atoms with Gasteiger partial charge in [-0.25, -0.2) is 14.4 Å². The molecule has 36 heavy (non-hydrogen) atoms. The Balaban J connectivity index is 1.50. The number of aliphatic hydroxyl groups is 1. The van der Waals surface area contributed by atoms with E-state index in [-0.39, 0.29) is 12.2 Å². The molecule has 4 aromatic heterocycles. The first-order valence-corrected chi connectivity index (χ1v) is 12.0. The molecule has 182 valence electrons. The minimum absolute atomic E-state index is 0.338. The third-order valence-corrected chi connectivity index (χ3v) is 6.24. The van der Waals surface area contributed by atoms with Gasteiger partial charge in [0.2, 0.25) is 5.88 Å². The van der Waals surface area contributed by atoms with E-state index in [9.17, 15) is 14.3 Å². The smallest absolute Gasteiger partial charge is 0.251 e. The summed E-state index contributed by atoms with van der Waals surface area (Å²) in [6.45, 7) is 2.06. The summed E-state index contributed by atoms with van der Waals surface area (Å²) < 4.78 is 21.2. The van der Waals surface area contributed by atoms with Crippen molar-refractivity contribution in [1.82, 2.24) is 24.7 Å². The summed E-state index contributed by atoms with van der Waals surface area (Å²) in [7, 11) is 0. The topological polar surface area (TPSA) is 106 Å². The summed E-state index contributed by atoms with van der Waals surface area (Å²) in [5.41, 5.74) is 3.63. The SMILES string of the molecule is CCOc1ccc(-c2[nH]nc3ncc(-c4ccn(C(CO)c5cc(F)cc(Br)c5)c(=O)c4)cc23)cn1. The van der Waals surface area contributed by atoms with E-state index in [0.717, 1.165) is 22.2 Å². The molecule has 5 rings (SSSR count). The molecule has 1 unspecified atom stereocenters. The lowest BCUT2D eigenvalue weighted by Crippen LogP contribution is -2.27. The van der Waals surface area contributed by atoms with Gasteiger partial charge in [-0.05, 0) is 54.4 Å². The Kier molecular flexibility index (Phi) is 6.62. The number of pyridine rings is 3. The van der Waals surface area contributed by atoms with Crippen LogP contribution in [-0.2, 0) is 0 Å². The molecule has 0 aliphatic carbocycles. The van der Waals surface area contributed by atoms with Crippen LogP contribution in [0.2, 0.25) is 0 Å². The van der Waals surface area contributed by atoms with Crippen LogP contribution in [0.3, 0.4) is 0 Å². The number of nitrogens with one attached hydrogen (secondary N) is 1. The van der Waals surface area contributed by atoms with Crippen LogP contribution in [0.4, 0.5) is 4.39 Å². The lowest BCUT2D eigenvalue weighted by Gasteiger charge is -2.19. The molecular formula is C26H21BrFN5O3. The predicted octanol–water partition coefficient (Wildman–Crippen LogP) is 4.73. The number of benzene rings is 1. The number of aliphatic hydroxyl groups excluding tert-OH is 1. The summed E-state index contributed by atoms with van der Waals surface area (Å²) in [6.07, 6.45) is 4.94. The Morgan fingerprint density at radius 2 is 1.92 bits per heavy atom. The van der Waals surface area contributed by atoms with Gasteiger partial charge in [-0.3, -0.25) is 9.89 Å². The second-order valence-electron chi connectivity index (χ2n) is 8.07. The first kappa shape index (κ1) is 23.8. The summed E-state index contributed by atoms with van der Waals surface area (Å²) >= 11 is 3.26. The van der Waals surface area contributed by atoms with Crippen LogP contribution in [0.1, 0.15) is 18.5 Å². The van der Waals surface area contributed by atoms with Crippen molar-refractivity contribution >= 4 is 27.0 Å². The van der Waals surface area contributed by atoms with Gasteiger partial charge >= 0.3 is 0 Å². The maximum atomic E-state index is 13.9. The van der Waals surface area contributed by atoms with Crippen LogP contribution in [-0.4, -0.2) is 43.1 Å². The summed E-state index contributed by atoms with van der Waals surface area (Å²) in [5.74, 6) is 0.0803. The lowest BCUT2D eigenvalue weighted by atomic mass is 10.0. The number of H-pyrrole nitrogens is 1. The van der Waals surface area contributed by atoms with E-state index in [0.29, 0.717) is 33.7 Å². The van der Waals surface area contributed by atoms with Crippen LogP contribution in [0.5, 0.6) is 5.88 Å². The van der Waals surface area contributed by atoms with E-state index < -0.39 is 11.9 Å². The maximum absolute atomic E-state index is 13.9. The van der Waals surface area contributed by atoms with Crippen molar-refractivity contribution < 1.29 is 14.2 Å². The van der Waals surface area contributed by atoms with Gasteiger partial charge in [-0.15, -0.1) is 0 Å². The minimum atomic E-state index is -0.730. The second kappa shape index (κ2) is 10.00. The van der Waals surface area contributed by atoms with Crippen LogP contribution in [0.25, 0.3) is 33.4 Å². The molecule has 0 bridgehead atoms. The number of aromatic nitrogens is 5. The number of ether oxygens (including phenoxy) is 1. The van der Waals surface area contributed by atoms with E-state index in [1.807, 2.05) is 19.1 Å². The van der Waals surface area contributed by atoms with Gasteiger partial charge in [0.15, 0.2) is 5.65 Å². The highest BCUT2D eigenvalue weighted by atomic mass is 79.9. The fourth-order valence-electron chi connectivity index (χ4n) is 4.09. The number of hydrogen-bond donors (Lipinski definition) is 2. The van der Waals surface area contributed by atoms with Crippen molar-refractivity contribution in [2.24, 2.45) is 0 Å². The predicted molar refractivity (Wildman–Crippen MR) is 137 cm³/mol. The van der Waals surface area contributed by atoms with Crippen molar-refractivity contribution in [1.29, 1.82) is 0 Å². The molecule has 8 nitrogen and oxygen atoms in total. The molecule has 0 radical (unpaired) electrons. The van der Waals surface area contributed by atoms with Crippen molar-refractivity contribution in [3.05, 3.63) is 93.3 Å². The molecule has 1 atom stereocenters. The summed E-state index contributed by atoms with van der Waals surface area (Å²) in [4.78, 5) is 21.8. The zero-order valence-corrected chi connectivity index (χ0v) is 20.7. The highest BCUT2D eigenvalue weighted by Gasteiger charge is 2.17. The van der Waals surface area contributed by atoms with Gasteiger partial charge in [0.25, 0.3) is 5.56 Å². The average Bonchev–Trinajstić information content (AvgIpc) is 3.29. The molecule has 0 saturated heterocycles. The van der Waals surface area contributed by atoms with Crippen molar-refractivity contribution in [2.45, 2.75) is 13.0 Å². The van der Waals surface area contributed by atoms with E-state index in [1.54, 1.807) is 36.8 Å². The van der Waals surface area contributed by atoms with Gasteiger partial charge in [0.1, 0.15) is 5.82 Å². The Hall–Kier alpha value is -3.89. The lowest BCUT2D eigenvalue weighted by molar-refractivity contribution is 0.246. The second-order valence-corrected chi connectivity index (χ2v) is 8.99. The Morgan fingerprint density at radius 1 is 1.08 bits per heavy atom. The Bertz CT molecular complexity index is 1580. The zero-order valence-electron chi connectivity index (χ0n) is 19.2. The van der Waals surface area contributed by atoms with Crippen molar-refractivity contribution in [3.63, 3.8) is 0 Å². The molecule has 0 fully saturated rings. The summed E-state index contributed by atoms with van der Waals surface area (Å²) in [6, 6.07) is 12.4. The van der Waals surface area contributed by atoms with Gasteiger partial charge in [0.05, 0.1) is 24.9 Å². The highest BCUT2D eigenvalue weighted by Crippen LogP contribution is 2.29. The van der Waals surface area contributed by atoms with Crippen LogP contribution >= 0.6 is 15.9 Å². The fraction of sp³-hybridized carbons (Fsp3) is 0.154. The average molecular weight is 550 g/mol. The van der Waals surface area contributed by atoms with E-state index >= 15 is 0 Å². The molecule has 10 heteroatoms. The molecule has 0 amide bonds. The van der Waals surface area contributed by atoms with Gasteiger partial charge in [-0.2, -0.15) is 5.10 Å². The largest absolute Gasteiger partial charge is 0.478 e. The maximum Gasteiger partial charge on any atom is 0.251 e. The minimum Gasteiger partial charge on any atom is -0.478 e. The van der Waals surface area contributed by atoms with E-state index in [2.05, 4.69) is 36.1 Å². The third kappa shape index (κ3) is 4.65. The van der Waals surface area contributed by atoms with Gasteiger partial charge in [0, 0.05) is 51.7 Å². The normalized spacial score (nSPS) is 12.1. The standard InChI is InChI=1S/C26H21BrFN5O3/c1-2-36-23-4-3-16(12-29-23)25-21-9-18(13-30-26(21)32-31-25)15-5-6-33(24(35)10-15)22(14-34)17-7-19(27)11-20(28)8-17/h3-13,22,34H,2,14H2,1H3,(H,30,31,32). The number of fused-ring (bicyclic) bond motifs is 1. The van der Waals surface area contributed by atoms with Gasteiger partial charge < -0.3 is 14.4 Å². The molecule has 5 aromatic rings. The zero-order chi connectivity index (χ0) is 25.2. The summed E-state index contributed by atoms with van der Waals surface area (Å²) in [5, 5.41) is 18.0. The molecule has 0 spiro atoms. The molecule has 2 N–H and O–H groups in total. The monoisotopic (exact) mass is 549 g/mol. The van der Waals surface area contributed by atoms with Crippen LogP contribution < -0.4 is 10.3 Å².